The Bertz CT molecular complexity index is 1480. The summed E-state index contributed by atoms with van der Waals surface area (Å²) in [6.07, 6.45) is -0.972. The van der Waals surface area contributed by atoms with Crippen molar-refractivity contribution < 1.29 is 32.2 Å². The lowest BCUT2D eigenvalue weighted by atomic mass is 10.1. The molecule has 2 fully saturated rings. The van der Waals surface area contributed by atoms with Gasteiger partial charge in [0.15, 0.2) is 17.4 Å². The molecule has 0 aliphatic carbocycles. The van der Waals surface area contributed by atoms with Crippen LogP contribution in [-0.4, -0.2) is 65.2 Å². The number of rotatable bonds is 5. The number of urea groups is 1. The average Bonchev–Trinajstić information content (AvgIpc) is 3.49. The van der Waals surface area contributed by atoms with Crippen molar-refractivity contribution >= 4 is 23.2 Å². The predicted molar refractivity (Wildman–Crippen MR) is 144 cm³/mol. The number of fused-ring (bicyclic) bond motifs is 4. The van der Waals surface area contributed by atoms with Gasteiger partial charge in [-0.3, -0.25) is 9.88 Å². The molecular weight excluding hydrogens is 541 g/mol. The number of carbonyl (C=O) groups excluding carboxylic acids is 1. The maximum Gasteiger partial charge on any atom is 0.416 e. The van der Waals surface area contributed by atoms with Crippen molar-refractivity contribution in [3.05, 3.63) is 54.0 Å². The van der Waals surface area contributed by atoms with Crippen LogP contribution in [0.3, 0.4) is 0 Å². The number of alkyl halides is 3. The largest absolute Gasteiger partial charge is 0.489 e. The molecule has 216 valence electrons. The molecule has 0 radical (unpaired) electrons. The maximum atomic E-state index is 13.7. The van der Waals surface area contributed by atoms with Gasteiger partial charge >= 0.3 is 12.2 Å². The van der Waals surface area contributed by atoms with E-state index in [1.165, 1.54) is 18.3 Å². The van der Waals surface area contributed by atoms with Gasteiger partial charge < -0.3 is 24.4 Å². The topological polar surface area (TPSA) is 102 Å². The van der Waals surface area contributed by atoms with Crippen molar-refractivity contribution in [3.8, 4) is 17.1 Å². The van der Waals surface area contributed by atoms with Crippen molar-refractivity contribution in [3.63, 3.8) is 0 Å². The molecule has 13 heteroatoms. The van der Waals surface area contributed by atoms with E-state index in [1.807, 2.05) is 13.8 Å². The van der Waals surface area contributed by atoms with Crippen molar-refractivity contribution in [2.24, 2.45) is 0 Å². The van der Waals surface area contributed by atoms with Crippen molar-refractivity contribution in [2.45, 2.75) is 51.3 Å². The van der Waals surface area contributed by atoms with Gasteiger partial charge in [-0.05, 0) is 39.3 Å². The first-order chi connectivity index (χ1) is 19.5. The Kier molecular flexibility index (Phi) is 6.73. The lowest BCUT2D eigenvalue weighted by Gasteiger charge is -2.36. The van der Waals surface area contributed by atoms with Crippen LogP contribution in [0.1, 0.15) is 31.5 Å². The van der Waals surface area contributed by atoms with Gasteiger partial charge in [0, 0.05) is 24.7 Å². The molecule has 2 bridgehead atoms. The molecule has 41 heavy (non-hydrogen) atoms. The second kappa shape index (κ2) is 10.1. The number of halogens is 3. The molecule has 10 nitrogen and oxygen atoms in total. The Morgan fingerprint density at radius 2 is 2.05 bits per heavy atom. The van der Waals surface area contributed by atoms with E-state index in [2.05, 4.69) is 25.2 Å². The van der Waals surface area contributed by atoms with E-state index in [9.17, 15) is 18.0 Å². The minimum atomic E-state index is -4.50. The summed E-state index contributed by atoms with van der Waals surface area (Å²) in [6, 6.07) is 5.94. The predicted octanol–water partition coefficient (Wildman–Crippen LogP) is 5.03. The van der Waals surface area contributed by atoms with E-state index in [0.717, 1.165) is 12.1 Å². The SMILES string of the molecule is Cc1nc(-c2cccc(C(F)(F)F)c2)nc2c1N1CCC(C1)N2C(=O)Nc1cncc(OC[C@H]2COC(C)(C)O2)c1. The molecule has 5 heterocycles. The minimum Gasteiger partial charge on any atom is -0.489 e. The molecule has 0 spiro atoms. The quantitative estimate of drug-likeness (QED) is 0.456. The van der Waals surface area contributed by atoms with E-state index in [4.69, 9.17) is 14.2 Å². The first-order valence-electron chi connectivity index (χ1n) is 13.3. The number of nitrogens with one attached hydrogen (secondary N) is 1. The van der Waals surface area contributed by atoms with Gasteiger partial charge in [0.25, 0.3) is 0 Å². The monoisotopic (exact) mass is 570 g/mol. The van der Waals surface area contributed by atoms with Gasteiger partial charge in [-0.15, -0.1) is 0 Å². The number of ether oxygens (including phenoxy) is 3. The highest BCUT2D eigenvalue weighted by atomic mass is 19.4. The summed E-state index contributed by atoms with van der Waals surface area (Å²) in [5.74, 6) is 0.265. The van der Waals surface area contributed by atoms with Crippen LogP contribution in [0, 0.1) is 6.92 Å². The van der Waals surface area contributed by atoms with Gasteiger partial charge in [0.2, 0.25) is 0 Å². The molecule has 3 aliphatic rings. The highest BCUT2D eigenvalue weighted by Crippen LogP contribution is 2.42. The molecule has 1 unspecified atom stereocenters. The van der Waals surface area contributed by atoms with Crippen molar-refractivity contribution in [1.29, 1.82) is 0 Å². The Morgan fingerprint density at radius 3 is 2.80 bits per heavy atom. The molecule has 2 atom stereocenters. The molecule has 1 N–H and O–H groups in total. The van der Waals surface area contributed by atoms with E-state index in [0.29, 0.717) is 54.8 Å². The highest BCUT2D eigenvalue weighted by molar-refractivity contribution is 6.05. The number of pyridine rings is 1. The highest BCUT2D eigenvalue weighted by Gasteiger charge is 2.42. The summed E-state index contributed by atoms with van der Waals surface area (Å²) in [4.78, 5) is 30.7. The average molecular weight is 571 g/mol. The van der Waals surface area contributed by atoms with Crippen molar-refractivity contribution in [2.75, 3.05) is 41.4 Å². The Balaban J connectivity index is 1.25. The van der Waals surface area contributed by atoms with Gasteiger partial charge in [0.1, 0.15) is 24.1 Å². The summed E-state index contributed by atoms with van der Waals surface area (Å²) in [6.45, 7) is 7.43. The zero-order valence-corrected chi connectivity index (χ0v) is 22.7. The summed E-state index contributed by atoms with van der Waals surface area (Å²) < 4.78 is 57.3. The van der Waals surface area contributed by atoms with Gasteiger partial charge in [-0.1, -0.05) is 12.1 Å². The molecule has 2 saturated heterocycles. The van der Waals surface area contributed by atoms with Crippen LogP contribution in [0.4, 0.5) is 35.2 Å². The Labute approximate surface area is 234 Å². The summed E-state index contributed by atoms with van der Waals surface area (Å²) in [5.41, 5.74) is 1.12. The first kappa shape index (κ1) is 27.2. The zero-order valence-electron chi connectivity index (χ0n) is 22.7. The summed E-state index contributed by atoms with van der Waals surface area (Å²) in [5, 5.41) is 2.89. The van der Waals surface area contributed by atoms with Gasteiger partial charge in [0.05, 0.1) is 42.0 Å². The lowest BCUT2D eigenvalue weighted by Crippen LogP contribution is -2.48. The van der Waals surface area contributed by atoms with Crippen LogP contribution >= 0.6 is 0 Å². The number of anilines is 3. The van der Waals surface area contributed by atoms with Crippen LogP contribution in [0.15, 0.2) is 42.7 Å². The number of aryl methyl sites for hydroxylation is 1. The number of nitrogens with zero attached hydrogens (tertiary/aromatic N) is 5. The van der Waals surface area contributed by atoms with Crippen LogP contribution < -0.4 is 19.9 Å². The summed E-state index contributed by atoms with van der Waals surface area (Å²) >= 11 is 0. The van der Waals surface area contributed by atoms with Crippen LogP contribution in [0.5, 0.6) is 5.75 Å². The number of aromatic nitrogens is 3. The van der Waals surface area contributed by atoms with Gasteiger partial charge in [-0.2, -0.15) is 13.2 Å². The Morgan fingerprint density at radius 1 is 1.22 bits per heavy atom. The minimum absolute atomic E-state index is 0.117. The van der Waals surface area contributed by atoms with E-state index in [1.54, 1.807) is 24.1 Å². The fourth-order valence-electron chi connectivity index (χ4n) is 5.43. The molecule has 0 saturated carbocycles. The van der Waals surface area contributed by atoms with E-state index >= 15 is 0 Å². The molecule has 1 aromatic carbocycles. The first-order valence-corrected chi connectivity index (χ1v) is 13.3. The molecule has 6 rings (SSSR count). The zero-order chi connectivity index (χ0) is 28.9. The maximum absolute atomic E-state index is 13.7. The number of carbonyl (C=O) groups is 1. The van der Waals surface area contributed by atoms with Crippen LogP contribution in [0.2, 0.25) is 0 Å². The number of hydrogen-bond donors (Lipinski definition) is 1. The third kappa shape index (κ3) is 5.51. The third-order valence-corrected chi connectivity index (χ3v) is 7.25. The molecule has 3 aromatic rings. The van der Waals surface area contributed by atoms with Crippen LogP contribution in [-0.2, 0) is 15.7 Å². The molecular formula is C28H29F3N6O4. The number of hydrogen-bond acceptors (Lipinski definition) is 8. The second-order valence-corrected chi connectivity index (χ2v) is 10.7. The standard InChI is InChI=1S/C28H29F3N6O4/c1-16-23-25(35-24(33-16)17-5-4-6-18(9-17)28(29,30)31)37(20-7-8-36(23)13-20)26(38)34-19-10-21(12-32-11-19)39-14-22-15-40-27(2,3)41-22/h4-6,9-12,20,22H,7-8,13-15H2,1-3H3,(H,34,38)/t20?,22-/m0/s1. The second-order valence-electron chi connectivity index (χ2n) is 10.7. The number of amides is 2. The molecule has 2 amide bonds. The van der Waals surface area contributed by atoms with E-state index in [-0.39, 0.29) is 30.1 Å². The molecule has 2 aromatic heterocycles. The van der Waals surface area contributed by atoms with Crippen LogP contribution in [0.25, 0.3) is 11.4 Å². The fraction of sp³-hybridized carbons (Fsp3) is 0.429. The Hall–Kier alpha value is -3.97. The summed E-state index contributed by atoms with van der Waals surface area (Å²) in [7, 11) is 0. The fourth-order valence-corrected chi connectivity index (χ4v) is 5.43. The normalized spacial score (nSPS) is 21.1. The third-order valence-electron chi connectivity index (χ3n) is 7.25. The van der Waals surface area contributed by atoms with E-state index < -0.39 is 23.6 Å². The number of benzene rings is 1. The smallest absolute Gasteiger partial charge is 0.416 e. The lowest BCUT2D eigenvalue weighted by molar-refractivity contribution is -0.141. The molecule has 3 aliphatic heterocycles. The van der Waals surface area contributed by atoms with Crippen molar-refractivity contribution in [1.82, 2.24) is 15.0 Å². The van der Waals surface area contributed by atoms with Gasteiger partial charge in [-0.25, -0.2) is 14.8 Å².